The number of benzene rings is 1. The van der Waals surface area contributed by atoms with Gasteiger partial charge >= 0.3 is 0 Å². The lowest BCUT2D eigenvalue weighted by atomic mass is 10.1. The molecular formula is C32H46N6O5SSi. The first kappa shape index (κ1) is 35.0. The molecule has 0 aliphatic rings. The smallest absolute Gasteiger partial charge is 0.197 e. The summed E-state index contributed by atoms with van der Waals surface area (Å²) >= 11 is -1.52. The average Bonchev–Trinajstić information content (AvgIpc) is 3.39. The summed E-state index contributed by atoms with van der Waals surface area (Å²) in [5.41, 5.74) is 1.46. The number of ether oxygens (including phenoxy) is 2. The van der Waals surface area contributed by atoms with E-state index in [0.717, 1.165) is 16.5 Å². The van der Waals surface area contributed by atoms with Crippen LogP contribution in [0.25, 0.3) is 28.0 Å². The van der Waals surface area contributed by atoms with Crippen LogP contribution in [0.3, 0.4) is 0 Å². The molecule has 2 atom stereocenters. The van der Waals surface area contributed by atoms with Crippen LogP contribution in [0.4, 0.5) is 0 Å². The normalized spacial score (nSPS) is 14.8. The second kappa shape index (κ2) is 13.4. The van der Waals surface area contributed by atoms with Crippen molar-refractivity contribution in [1.82, 2.24) is 29.5 Å². The quantitative estimate of drug-likeness (QED) is 0.0854. The van der Waals surface area contributed by atoms with Crippen LogP contribution in [0.5, 0.6) is 5.75 Å². The summed E-state index contributed by atoms with van der Waals surface area (Å²) in [4.78, 5) is 14.1. The van der Waals surface area contributed by atoms with E-state index in [4.69, 9.17) is 23.9 Å². The lowest BCUT2D eigenvalue weighted by Gasteiger charge is -2.36. The minimum absolute atomic E-state index is 0.0738. The van der Waals surface area contributed by atoms with Crippen molar-refractivity contribution in [2.24, 2.45) is 0 Å². The van der Waals surface area contributed by atoms with Crippen molar-refractivity contribution < 1.29 is 23.6 Å². The van der Waals surface area contributed by atoms with E-state index in [0.29, 0.717) is 48.5 Å². The maximum absolute atomic E-state index is 12.8. The number of hydrogen-bond donors (Lipinski definition) is 2. The Balaban J connectivity index is 1.75. The van der Waals surface area contributed by atoms with Crippen LogP contribution in [0.1, 0.15) is 59.9 Å². The van der Waals surface area contributed by atoms with Crippen LogP contribution in [0, 0.1) is 0 Å². The Morgan fingerprint density at radius 3 is 2.40 bits per heavy atom. The van der Waals surface area contributed by atoms with E-state index in [1.807, 2.05) is 39.0 Å². The zero-order valence-electron chi connectivity index (χ0n) is 28.0. The van der Waals surface area contributed by atoms with Gasteiger partial charge in [0.25, 0.3) is 0 Å². The maximum Gasteiger partial charge on any atom is 0.197 e. The molecule has 1 unspecified atom stereocenters. The van der Waals surface area contributed by atoms with Crippen LogP contribution in [0.2, 0.25) is 18.1 Å². The van der Waals surface area contributed by atoms with Crippen LogP contribution in [0.15, 0.2) is 48.9 Å². The largest absolute Gasteiger partial charge is 0.598 e. The van der Waals surface area contributed by atoms with Gasteiger partial charge in [0, 0.05) is 24.0 Å². The number of hydrogen-bond acceptors (Lipinski definition) is 10. The molecule has 3 aromatic heterocycles. The molecule has 0 amide bonds. The highest BCUT2D eigenvalue weighted by atomic mass is 32.2. The Kier molecular flexibility index (Phi) is 10.4. The summed E-state index contributed by atoms with van der Waals surface area (Å²) in [5.74, 6) is 1.14. The molecule has 0 spiro atoms. The van der Waals surface area contributed by atoms with Crippen molar-refractivity contribution in [3.63, 3.8) is 0 Å². The first-order valence-corrected chi connectivity index (χ1v) is 19.0. The molecule has 0 aliphatic heterocycles. The number of pyridine rings is 1. The molecule has 45 heavy (non-hydrogen) atoms. The molecular weight excluding hydrogens is 609 g/mol. The summed E-state index contributed by atoms with van der Waals surface area (Å²) in [6.45, 7) is 19.2. The minimum atomic E-state index is -1.98. The summed E-state index contributed by atoms with van der Waals surface area (Å²) in [5, 5.41) is 16.8. The van der Waals surface area contributed by atoms with Gasteiger partial charge in [0.15, 0.2) is 19.9 Å². The van der Waals surface area contributed by atoms with Crippen LogP contribution < -0.4 is 9.46 Å². The van der Waals surface area contributed by atoms with Gasteiger partial charge < -0.3 is 23.6 Å². The van der Waals surface area contributed by atoms with E-state index in [1.54, 1.807) is 49.4 Å². The van der Waals surface area contributed by atoms with E-state index in [1.165, 1.54) is 0 Å². The second-order valence-electron chi connectivity index (χ2n) is 13.7. The van der Waals surface area contributed by atoms with Gasteiger partial charge in [-0.05, 0) is 70.1 Å². The molecule has 0 aliphatic carbocycles. The maximum atomic E-state index is 12.8. The van der Waals surface area contributed by atoms with Crippen LogP contribution in [-0.4, -0.2) is 67.8 Å². The third-order valence-electron chi connectivity index (χ3n) is 7.86. The number of nitrogens with zero attached hydrogens (tertiary/aromatic N) is 5. The number of aliphatic hydroxyl groups is 1. The number of methoxy groups -OCH3 is 1. The van der Waals surface area contributed by atoms with Crippen molar-refractivity contribution in [1.29, 1.82) is 0 Å². The predicted molar refractivity (Wildman–Crippen MR) is 180 cm³/mol. The molecule has 1 aromatic carbocycles. The molecule has 0 bridgehead atoms. The predicted octanol–water partition coefficient (Wildman–Crippen LogP) is 5.64. The Morgan fingerprint density at radius 1 is 1.00 bits per heavy atom. The minimum Gasteiger partial charge on any atom is -0.598 e. The lowest BCUT2D eigenvalue weighted by molar-refractivity contribution is 0.0401. The highest BCUT2D eigenvalue weighted by Crippen LogP contribution is 2.37. The zero-order valence-corrected chi connectivity index (χ0v) is 29.8. The van der Waals surface area contributed by atoms with Gasteiger partial charge in [0.1, 0.15) is 17.1 Å². The number of aromatic nitrogens is 5. The molecule has 2 N–H and O–H groups in total. The molecule has 4 aromatic rings. The van der Waals surface area contributed by atoms with Crippen molar-refractivity contribution in [2.45, 2.75) is 83.7 Å². The molecule has 0 saturated carbocycles. The van der Waals surface area contributed by atoms with Gasteiger partial charge in [-0.15, -0.1) is 4.72 Å². The third-order valence-corrected chi connectivity index (χ3v) is 14.0. The van der Waals surface area contributed by atoms with Crippen LogP contribution in [-0.2, 0) is 32.9 Å². The molecule has 11 nitrogen and oxygen atoms in total. The van der Waals surface area contributed by atoms with Crippen molar-refractivity contribution in [3.05, 3.63) is 60.3 Å². The summed E-state index contributed by atoms with van der Waals surface area (Å²) < 4.78 is 34.5. The van der Waals surface area contributed by atoms with Gasteiger partial charge in [-0.25, -0.2) is 14.6 Å². The summed E-state index contributed by atoms with van der Waals surface area (Å²) in [6.07, 6.45) is 5.12. The molecule has 13 heteroatoms. The topological polar surface area (TPSA) is 140 Å². The van der Waals surface area contributed by atoms with E-state index in [-0.39, 0.29) is 5.04 Å². The number of fused-ring (bicyclic) bond motifs is 1. The highest BCUT2D eigenvalue weighted by Gasteiger charge is 2.38. The third kappa shape index (κ3) is 8.28. The van der Waals surface area contributed by atoms with Crippen molar-refractivity contribution in [2.75, 3.05) is 20.3 Å². The van der Waals surface area contributed by atoms with E-state index in [9.17, 15) is 9.66 Å². The van der Waals surface area contributed by atoms with E-state index >= 15 is 0 Å². The molecule has 0 radical (unpaired) electrons. The SMILES string of the molecule is COCCOc1cc(-c2cccc([C@](C)(O)N[S+]([O-])C(C)(C)C)n2)cc2c1cnn2-c1cncc(CO[Si](C)(C)C(C)(C)C)n1. The molecule has 244 valence electrons. The lowest BCUT2D eigenvalue weighted by Crippen LogP contribution is -2.50. The molecule has 3 heterocycles. The average molecular weight is 655 g/mol. The molecule has 0 saturated heterocycles. The van der Waals surface area contributed by atoms with Gasteiger partial charge in [0.05, 0.1) is 59.8 Å². The van der Waals surface area contributed by atoms with E-state index in [2.05, 4.69) is 48.7 Å². The Hall–Kier alpha value is -2.91. The summed E-state index contributed by atoms with van der Waals surface area (Å²) in [6, 6.07) is 9.19. The second-order valence-corrected chi connectivity index (χ2v) is 20.5. The van der Waals surface area contributed by atoms with Crippen molar-refractivity contribution >= 4 is 30.6 Å². The first-order valence-electron chi connectivity index (χ1n) is 14.9. The Bertz CT molecular complexity index is 1620. The fraction of sp³-hybridized carbons (Fsp3) is 0.500. The van der Waals surface area contributed by atoms with Gasteiger partial charge in [0.2, 0.25) is 0 Å². The van der Waals surface area contributed by atoms with Gasteiger partial charge in [-0.3, -0.25) is 4.98 Å². The highest BCUT2D eigenvalue weighted by molar-refractivity contribution is 7.90. The van der Waals surface area contributed by atoms with Gasteiger partial charge in [-0.2, -0.15) is 5.10 Å². The number of rotatable bonds is 12. The monoisotopic (exact) mass is 654 g/mol. The summed E-state index contributed by atoms with van der Waals surface area (Å²) in [7, 11) is -0.363. The number of nitrogens with one attached hydrogen (secondary N) is 1. The molecule has 0 fully saturated rings. The molecule has 4 rings (SSSR count). The fourth-order valence-electron chi connectivity index (χ4n) is 4.07. The Morgan fingerprint density at radius 2 is 1.73 bits per heavy atom. The Labute approximate surface area is 270 Å². The fourth-order valence-corrected chi connectivity index (χ4v) is 5.78. The first-order chi connectivity index (χ1) is 20.9. The zero-order chi connectivity index (χ0) is 33.2. The van der Waals surface area contributed by atoms with E-state index < -0.39 is 30.2 Å². The van der Waals surface area contributed by atoms with Crippen molar-refractivity contribution in [3.8, 4) is 22.8 Å². The van der Waals surface area contributed by atoms with Gasteiger partial charge in [-0.1, -0.05) is 26.8 Å². The van der Waals surface area contributed by atoms with Crippen LogP contribution >= 0.6 is 0 Å². The standard InChI is InChI=1S/C32H46N6O5SSi/c1-30(2,3)44(40)37-32(7,39)28-13-11-12-25(36-28)22-16-26-24(27(17-22)42-15-14-41-8)19-34-38(26)29-20-33-18-23(35-29)21-43-45(9,10)31(4,5)6/h11-13,16-20,37,39H,14-15,21H2,1-10H3/t32-,44?/m0/s1.